The highest BCUT2D eigenvalue weighted by atomic mass is 14.9. The van der Waals surface area contributed by atoms with Crippen molar-refractivity contribution in [1.29, 1.82) is 0 Å². The highest BCUT2D eigenvalue weighted by Gasteiger charge is 2.17. The summed E-state index contributed by atoms with van der Waals surface area (Å²) in [5.74, 6) is 0.726. The minimum Gasteiger partial charge on any atom is -0.313 e. The maximum atomic E-state index is 3.38. The van der Waals surface area contributed by atoms with Crippen molar-refractivity contribution in [2.45, 2.75) is 39.2 Å². The molecule has 1 atom stereocenters. The highest BCUT2D eigenvalue weighted by molar-refractivity contribution is 5.15. The molecule has 1 aliphatic carbocycles. The normalized spacial score (nSPS) is 20.5. The molecule has 11 heavy (non-hydrogen) atoms. The van der Waals surface area contributed by atoms with Gasteiger partial charge in [0.25, 0.3) is 0 Å². The molecule has 0 radical (unpaired) electrons. The van der Waals surface area contributed by atoms with Gasteiger partial charge in [0.05, 0.1) is 0 Å². The van der Waals surface area contributed by atoms with E-state index in [1.54, 1.807) is 5.57 Å². The van der Waals surface area contributed by atoms with Crippen LogP contribution < -0.4 is 5.32 Å². The Hall–Kier alpha value is -0.300. The van der Waals surface area contributed by atoms with Gasteiger partial charge in [-0.2, -0.15) is 0 Å². The molecule has 0 heterocycles. The lowest BCUT2D eigenvalue weighted by molar-refractivity contribution is 0.471. The van der Waals surface area contributed by atoms with Gasteiger partial charge in [0.2, 0.25) is 0 Å². The summed E-state index contributed by atoms with van der Waals surface area (Å²) in [6.45, 7) is 4.56. The zero-order chi connectivity index (χ0) is 8.27. The van der Waals surface area contributed by atoms with E-state index in [0.29, 0.717) is 6.04 Å². The van der Waals surface area contributed by atoms with E-state index < -0.39 is 0 Å². The SMILES string of the molecule is CNC(C1=CCCC1)C(C)C. The maximum absolute atomic E-state index is 3.38. The van der Waals surface area contributed by atoms with Crippen LogP contribution in [0.1, 0.15) is 33.1 Å². The molecule has 1 nitrogen and oxygen atoms in total. The quantitative estimate of drug-likeness (QED) is 0.614. The van der Waals surface area contributed by atoms with E-state index in [-0.39, 0.29) is 0 Å². The number of nitrogens with one attached hydrogen (secondary N) is 1. The Labute approximate surface area is 69.9 Å². The van der Waals surface area contributed by atoms with E-state index >= 15 is 0 Å². The van der Waals surface area contributed by atoms with E-state index in [1.165, 1.54) is 19.3 Å². The fourth-order valence-corrected chi connectivity index (χ4v) is 1.93. The summed E-state index contributed by atoms with van der Waals surface area (Å²) < 4.78 is 0. The molecule has 0 amide bonds. The summed E-state index contributed by atoms with van der Waals surface area (Å²) in [6, 6.07) is 0.623. The molecule has 1 aliphatic rings. The fourth-order valence-electron chi connectivity index (χ4n) is 1.93. The number of allylic oxidation sites excluding steroid dienone is 1. The molecule has 0 saturated heterocycles. The Kier molecular flexibility index (Phi) is 3.13. The summed E-state index contributed by atoms with van der Waals surface area (Å²) in [4.78, 5) is 0. The van der Waals surface area contributed by atoms with Gasteiger partial charge >= 0.3 is 0 Å². The molecule has 0 aliphatic heterocycles. The predicted octanol–water partition coefficient (Wildman–Crippen LogP) is 2.34. The lowest BCUT2D eigenvalue weighted by Crippen LogP contribution is -2.31. The maximum Gasteiger partial charge on any atom is 0.0299 e. The Bertz CT molecular complexity index is 147. The van der Waals surface area contributed by atoms with Crippen molar-refractivity contribution < 1.29 is 0 Å². The van der Waals surface area contributed by atoms with E-state index in [2.05, 4.69) is 32.3 Å². The second-order valence-corrected chi connectivity index (χ2v) is 3.68. The molecule has 1 heteroatoms. The average Bonchev–Trinajstić information content (AvgIpc) is 2.40. The van der Waals surface area contributed by atoms with Gasteiger partial charge in [0.1, 0.15) is 0 Å². The lowest BCUT2D eigenvalue weighted by Gasteiger charge is -2.21. The van der Waals surface area contributed by atoms with Gasteiger partial charge in [-0.15, -0.1) is 0 Å². The first kappa shape index (κ1) is 8.79. The number of rotatable bonds is 3. The number of hydrogen-bond donors (Lipinski definition) is 1. The molecule has 0 aromatic rings. The van der Waals surface area contributed by atoms with Crippen LogP contribution in [0.3, 0.4) is 0 Å². The summed E-state index contributed by atoms with van der Waals surface area (Å²) in [5, 5.41) is 3.38. The largest absolute Gasteiger partial charge is 0.313 e. The molecule has 0 aromatic carbocycles. The summed E-state index contributed by atoms with van der Waals surface area (Å²) in [7, 11) is 2.06. The van der Waals surface area contributed by atoms with Gasteiger partial charge in [-0.1, -0.05) is 25.5 Å². The molecule has 1 N–H and O–H groups in total. The van der Waals surface area contributed by atoms with Crippen molar-refractivity contribution in [2.24, 2.45) is 5.92 Å². The molecule has 0 spiro atoms. The van der Waals surface area contributed by atoms with Crippen LogP contribution in [0.4, 0.5) is 0 Å². The minimum atomic E-state index is 0.623. The molecule has 1 rings (SSSR count). The van der Waals surface area contributed by atoms with Crippen molar-refractivity contribution in [3.05, 3.63) is 11.6 Å². The van der Waals surface area contributed by atoms with E-state index in [0.717, 1.165) is 5.92 Å². The third-order valence-corrected chi connectivity index (χ3v) is 2.45. The van der Waals surface area contributed by atoms with Gasteiger partial charge in [0, 0.05) is 6.04 Å². The van der Waals surface area contributed by atoms with Crippen LogP contribution in [-0.4, -0.2) is 13.1 Å². The van der Waals surface area contributed by atoms with Crippen LogP contribution >= 0.6 is 0 Å². The zero-order valence-electron chi connectivity index (χ0n) is 7.85. The van der Waals surface area contributed by atoms with Gasteiger partial charge in [-0.25, -0.2) is 0 Å². The summed E-state index contributed by atoms with van der Waals surface area (Å²) >= 11 is 0. The van der Waals surface area contributed by atoms with E-state index in [1.807, 2.05) is 0 Å². The van der Waals surface area contributed by atoms with Crippen LogP contribution in [0.25, 0.3) is 0 Å². The van der Waals surface area contributed by atoms with E-state index in [4.69, 9.17) is 0 Å². The second-order valence-electron chi connectivity index (χ2n) is 3.68. The van der Waals surface area contributed by atoms with Crippen molar-refractivity contribution in [1.82, 2.24) is 5.32 Å². The highest BCUT2D eigenvalue weighted by Crippen LogP contribution is 2.24. The van der Waals surface area contributed by atoms with Crippen molar-refractivity contribution in [2.75, 3.05) is 7.05 Å². The van der Waals surface area contributed by atoms with Crippen LogP contribution in [0.5, 0.6) is 0 Å². The number of likely N-dealkylation sites (N-methyl/N-ethyl adjacent to an activating group) is 1. The van der Waals surface area contributed by atoms with Crippen molar-refractivity contribution in [3.63, 3.8) is 0 Å². The Morgan fingerprint density at radius 2 is 2.18 bits per heavy atom. The smallest absolute Gasteiger partial charge is 0.0299 e. The van der Waals surface area contributed by atoms with Gasteiger partial charge in [-0.3, -0.25) is 0 Å². The third kappa shape index (κ3) is 2.06. The first-order valence-electron chi connectivity index (χ1n) is 4.62. The molecule has 0 bridgehead atoms. The Morgan fingerprint density at radius 3 is 2.55 bits per heavy atom. The minimum absolute atomic E-state index is 0.623. The Morgan fingerprint density at radius 1 is 1.45 bits per heavy atom. The van der Waals surface area contributed by atoms with Crippen LogP contribution in [0.15, 0.2) is 11.6 Å². The van der Waals surface area contributed by atoms with Crippen molar-refractivity contribution >= 4 is 0 Å². The summed E-state index contributed by atoms with van der Waals surface area (Å²) in [5.41, 5.74) is 1.63. The van der Waals surface area contributed by atoms with Crippen LogP contribution in [-0.2, 0) is 0 Å². The zero-order valence-corrected chi connectivity index (χ0v) is 7.85. The average molecular weight is 153 g/mol. The molecule has 0 saturated carbocycles. The summed E-state index contributed by atoms with van der Waals surface area (Å²) in [6.07, 6.45) is 6.37. The Balaban J connectivity index is 2.53. The van der Waals surface area contributed by atoms with Crippen LogP contribution in [0.2, 0.25) is 0 Å². The van der Waals surface area contributed by atoms with Crippen LogP contribution in [0, 0.1) is 5.92 Å². The lowest BCUT2D eigenvalue weighted by atomic mass is 9.96. The third-order valence-electron chi connectivity index (χ3n) is 2.45. The topological polar surface area (TPSA) is 12.0 Å². The second kappa shape index (κ2) is 3.91. The standard InChI is InChI=1S/C10H19N/c1-8(2)10(11-3)9-6-4-5-7-9/h6,8,10-11H,4-5,7H2,1-3H3. The fraction of sp³-hybridized carbons (Fsp3) is 0.800. The molecule has 64 valence electrons. The molecular formula is C10H19N. The molecule has 0 aromatic heterocycles. The van der Waals surface area contributed by atoms with Gasteiger partial charge in [0.15, 0.2) is 0 Å². The molecular weight excluding hydrogens is 134 g/mol. The van der Waals surface area contributed by atoms with Crippen molar-refractivity contribution in [3.8, 4) is 0 Å². The predicted molar refractivity (Wildman–Crippen MR) is 49.6 cm³/mol. The first-order chi connectivity index (χ1) is 5.25. The molecule has 1 unspecified atom stereocenters. The number of hydrogen-bond acceptors (Lipinski definition) is 1. The van der Waals surface area contributed by atoms with Gasteiger partial charge in [-0.05, 0) is 32.2 Å². The van der Waals surface area contributed by atoms with Gasteiger partial charge < -0.3 is 5.32 Å². The van der Waals surface area contributed by atoms with E-state index in [9.17, 15) is 0 Å². The first-order valence-corrected chi connectivity index (χ1v) is 4.62. The monoisotopic (exact) mass is 153 g/mol. The molecule has 0 fully saturated rings.